The smallest absolute Gasteiger partial charge is 0.0541 e. The van der Waals surface area contributed by atoms with E-state index in [0.717, 1.165) is 12.8 Å². The van der Waals surface area contributed by atoms with Crippen molar-refractivity contribution in [2.75, 3.05) is 13.2 Å². The van der Waals surface area contributed by atoms with Crippen LogP contribution in [-0.4, -0.2) is 24.3 Å². The van der Waals surface area contributed by atoms with E-state index in [1.165, 1.54) is 16.2 Å². The highest BCUT2D eigenvalue weighted by Crippen LogP contribution is 2.29. The lowest BCUT2D eigenvalue weighted by Gasteiger charge is -2.24. The lowest BCUT2D eigenvalue weighted by atomic mass is 10.0. The van der Waals surface area contributed by atoms with E-state index in [9.17, 15) is 5.11 Å². The lowest BCUT2D eigenvalue weighted by Crippen LogP contribution is -2.39. The molecule has 0 saturated heterocycles. The van der Waals surface area contributed by atoms with Gasteiger partial charge in [0.2, 0.25) is 0 Å². The van der Waals surface area contributed by atoms with Crippen LogP contribution in [0.1, 0.15) is 35.1 Å². The first-order valence-corrected chi connectivity index (χ1v) is 7.19. The number of hydrogen-bond acceptors (Lipinski definition) is 4. The van der Waals surface area contributed by atoms with E-state index in [1.54, 1.807) is 0 Å². The summed E-state index contributed by atoms with van der Waals surface area (Å²) in [6.45, 7) is 3.03. The quantitative estimate of drug-likeness (QED) is 0.751. The van der Waals surface area contributed by atoms with E-state index in [4.69, 9.17) is 5.73 Å². The number of aryl methyl sites for hydroxylation is 1. The largest absolute Gasteiger partial charge is 0.396 e. The molecule has 0 aromatic carbocycles. The molecule has 1 aliphatic rings. The Balaban J connectivity index is 2.00. The molecule has 1 aromatic heterocycles. The van der Waals surface area contributed by atoms with Crippen molar-refractivity contribution in [3.05, 3.63) is 21.9 Å². The van der Waals surface area contributed by atoms with Gasteiger partial charge in [0.05, 0.1) is 6.04 Å². The van der Waals surface area contributed by atoms with E-state index in [1.807, 2.05) is 11.3 Å². The number of hydrogen-bond donors (Lipinski definition) is 3. The molecule has 0 bridgehead atoms. The predicted molar refractivity (Wildman–Crippen MR) is 72.2 cm³/mol. The van der Waals surface area contributed by atoms with Crippen molar-refractivity contribution in [1.82, 2.24) is 5.32 Å². The molecule has 1 fully saturated rings. The molecule has 1 heterocycles. The van der Waals surface area contributed by atoms with Crippen molar-refractivity contribution in [2.45, 2.75) is 38.3 Å². The standard InChI is InChI=1S/C13H22N2OS/c1-9-5-6-13(17-9)12(7-14)15-11-4-2-3-10(11)8-16/h5-6,10-12,15-16H,2-4,7-8,14H2,1H3. The summed E-state index contributed by atoms with van der Waals surface area (Å²) < 4.78 is 0. The second-order valence-corrected chi connectivity index (χ2v) is 6.20. The van der Waals surface area contributed by atoms with Gasteiger partial charge in [0.25, 0.3) is 0 Å². The summed E-state index contributed by atoms with van der Waals surface area (Å²) in [6.07, 6.45) is 3.50. The zero-order chi connectivity index (χ0) is 12.3. The van der Waals surface area contributed by atoms with Crippen LogP contribution in [0.2, 0.25) is 0 Å². The van der Waals surface area contributed by atoms with Gasteiger partial charge >= 0.3 is 0 Å². The Morgan fingerprint density at radius 1 is 1.53 bits per heavy atom. The van der Waals surface area contributed by atoms with Crippen LogP contribution in [0, 0.1) is 12.8 Å². The average molecular weight is 254 g/mol. The van der Waals surface area contributed by atoms with Gasteiger partial charge in [0, 0.05) is 28.9 Å². The highest BCUT2D eigenvalue weighted by Gasteiger charge is 2.28. The Hall–Kier alpha value is -0.420. The number of aliphatic hydroxyl groups is 1. The monoisotopic (exact) mass is 254 g/mol. The molecule has 0 amide bonds. The predicted octanol–water partition coefficient (Wildman–Crippen LogP) is 1.81. The van der Waals surface area contributed by atoms with Crippen molar-refractivity contribution < 1.29 is 5.11 Å². The van der Waals surface area contributed by atoms with Crippen LogP contribution in [0.3, 0.4) is 0 Å². The highest BCUT2D eigenvalue weighted by atomic mass is 32.1. The van der Waals surface area contributed by atoms with Crippen molar-refractivity contribution in [1.29, 1.82) is 0 Å². The van der Waals surface area contributed by atoms with Gasteiger partial charge < -0.3 is 16.2 Å². The highest BCUT2D eigenvalue weighted by molar-refractivity contribution is 7.12. The van der Waals surface area contributed by atoms with Crippen molar-refractivity contribution >= 4 is 11.3 Å². The van der Waals surface area contributed by atoms with Crippen LogP contribution in [0.4, 0.5) is 0 Å². The minimum atomic E-state index is 0.242. The molecule has 0 aliphatic heterocycles. The van der Waals surface area contributed by atoms with Gasteiger partial charge in [-0.1, -0.05) is 6.42 Å². The van der Waals surface area contributed by atoms with Gasteiger partial charge in [0.15, 0.2) is 0 Å². The zero-order valence-corrected chi connectivity index (χ0v) is 11.2. The van der Waals surface area contributed by atoms with E-state index >= 15 is 0 Å². The van der Waals surface area contributed by atoms with Crippen molar-refractivity contribution in [3.8, 4) is 0 Å². The molecule has 0 radical (unpaired) electrons. The van der Waals surface area contributed by atoms with E-state index in [-0.39, 0.29) is 6.04 Å². The third kappa shape index (κ3) is 3.07. The maximum atomic E-state index is 9.33. The molecule has 1 aliphatic carbocycles. The van der Waals surface area contributed by atoms with E-state index < -0.39 is 0 Å². The Bertz CT molecular complexity index is 353. The van der Waals surface area contributed by atoms with Crippen LogP contribution in [0.5, 0.6) is 0 Å². The van der Waals surface area contributed by atoms with Crippen molar-refractivity contribution in [3.63, 3.8) is 0 Å². The van der Waals surface area contributed by atoms with Gasteiger partial charge in [0.1, 0.15) is 0 Å². The molecule has 96 valence electrons. The molecule has 3 atom stereocenters. The number of rotatable bonds is 5. The molecule has 2 rings (SSSR count). The molecular formula is C13H22N2OS. The van der Waals surface area contributed by atoms with Gasteiger partial charge in [-0.3, -0.25) is 0 Å². The molecule has 0 spiro atoms. The molecule has 1 aromatic rings. The topological polar surface area (TPSA) is 58.3 Å². The van der Waals surface area contributed by atoms with E-state index in [0.29, 0.717) is 25.1 Å². The SMILES string of the molecule is Cc1ccc(C(CN)NC2CCCC2CO)s1. The number of thiophene rings is 1. The van der Waals surface area contributed by atoms with Gasteiger partial charge in [-0.15, -0.1) is 11.3 Å². The van der Waals surface area contributed by atoms with Gasteiger partial charge in [-0.05, 0) is 37.8 Å². The Kier molecular flexibility index (Phi) is 4.56. The number of nitrogens with one attached hydrogen (secondary N) is 1. The first-order valence-electron chi connectivity index (χ1n) is 6.38. The third-order valence-corrected chi connectivity index (χ3v) is 4.76. The summed E-state index contributed by atoms with van der Waals surface area (Å²) in [4.78, 5) is 2.64. The van der Waals surface area contributed by atoms with Crippen LogP contribution in [0.25, 0.3) is 0 Å². The van der Waals surface area contributed by atoms with Gasteiger partial charge in [-0.2, -0.15) is 0 Å². The molecule has 4 N–H and O–H groups in total. The summed E-state index contributed by atoms with van der Waals surface area (Å²) in [5.74, 6) is 0.408. The summed E-state index contributed by atoms with van der Waals surface area (Å²) >= 11 is 1.81. The summed E-state index contributed by atoms with van der Waals surface area (Å²) in [6, 6.07) is 4.97. The zero-order valence-electron chi connectivity index (χ0n) is 10.4. The molecule has 4 heteroatoms. The second kappa shape index (κ2) is 5.96. The van der Waals surface area contributed by atoms with Crippen LogP contribution < -0.4 is 11.1 Å². The normalized spacial score (nSPS) is 26.3. The summed E-state index contributed by atoms with van der Waals surface area (Å²) in [5, 5.41) is 12.9. The minimum absolute atomic E-state index is 0.242. The Morgan fingerprint density at radius 3 is 2.94 bits per heavy atom. The van der Waals surface area contributed by atoms with Crippen LogP contribution in [0.15, 0.2) is 12.1 Å². The van der Waals surface area contributed by atoms with Crippen molar-refractivity contribution in [2.24, 2.45) is 11.7 Å². The Labute approximate surface area is 107 Å². The molecule has 17 heavy (non-hydrogen) atoms. The Morgan fingerprint density at radius 2 is 2.35 bits per heavy atom. The molecule has 3 nitrogen and oxygen atoms in total. The number of aliphatic hydroxyl groups excluding tert-OH is 1. The van der Waals surface area contributed by atoms with Gasteiger partial charge in [-0.25, -0.2) is 0 Å². The second-order valence-electron chi connectivity index (χ2n) is 4.88. The average Bonchev–Trinajstić information content (AvgIpc) is 2.94. The fourth-order valence-corrected chi connectivity index (χ4v) is 3.59. The fourth-order valence-electron chi connectivity index (χ4n) is 2.64. The maximum absolute atomic E-state index is 9.33. The maximum Gasteiger partial charge on any atom is 0.0541 e. The third-order valence-electron chi connectivity index (χ3n) is 3.65. The summed E-state index contributed by atoms with van der Waals surface area (Å²) in [5.41, 5.74) is 5.86. The molecule has 3 unspecified atom stereocenters. The van der Waals surface area contributed by atoms with E-state index in [2.05, 4.69) is 24.4 Å². The van der Waals surface area contributed by atoms with Crippen LogP contribution in [-0.2, 0) is 0 Å². The number of nitrogens with two attached hydrogens (primary N) is 1. The minimum Gasteiger partial charge on any atom is -0.396 e. The first-order chi connectivity index (χ1) is 8.24. The first kappa shape index (κ1) is 13.0. The van der Waals surface area contributed by atoms with Crippen LogP contribution >= 0.6 is 11.3 Å². The molecular weight excluding hydrogens is 232 g/mol. The summed E-state index contributed by atoms with van der Waals surface area (Å²) in [7, 11) is 0. The lowest BCUT2D eigenvalue weighted by molar-refractivity contribution is 0.200. The fraction of sp³-hybridized carbons (Fsp3) is 0.692. The molecule has 1 saturated carbocycles.